The molecule has 1 aliphatic rings. The molecule has 0 saturated heterocycles. The highest BCUT2D eigenvalue weighted by molar-refractivity contribution is 7.80. The Morgan fingerprint density at radius 3 is 2.54 bits per heavy atom. The Hall–Kier alpha value is -3.85. The van der Waals surface area contributed by atoms with Gasteiger partial charge in [0.2, 0.25) is 5.82 Å². The van der Waals surface area contributed by atoms with E-state index in [-0.39, 0.29) is 6.04 Å². The molecule has 9 heteroatoms. The Morgan fingerprint density at radius 1 is 1.14 bits per heavy atom. The van der Waals surface area contributed by atoms with Crippen LogP contribution in [0.15, 0.2) is 65.3 Å². The Labute approximate surface area is 210 Å². The summed E-state index contributed by atoms with van der Waals surface area (Å²) in [6.45, 7) is 8.97. The summed E-state index contributed by atoms with van der Waals surface area (Å²) in [5.41, 5.74) is 3.49. The molecule has 0 bridgehead atoms. The number of ether oxygens (including phenoxy) is 3. The number of methoxy groups -OCH3 is 2. The second-order valence-electron chi connectivity index (χ2n) is 7.78. The van der Waals surface area contributed by atoms with Crippen LogP contribution in [0.3, 0.4) is 0 Å². The van der Waals surface area contributed by atoms with Gasteiger partial charge in [0.15, 0.2) is 16.6 Å². The minimum absolute atomic E-state index is 0.280. The van der Waals surface area contributed by atoms with E-state index >= 15 is 0 Å². The van der Waals surface area contributed by atoms with Crippen LogP contribution in [-0.2, 0) is 0 Å². The van der Waals surface area contributed by atoms with Gasteiger partial charge in [-0.1, -0.05) is 23.4 Å². The number of allylic oxidation sites excluding steroid dienone is 1. The van der Waals surface area contributed by atoms with E-state index < -0.39 is 0 Å². The molecule has 35 heavy (non-hydrogen) atoms. The number of nitrogens with zero attached hydrogens (tertiary/aromatic N) is 3. The Bertz CT molecular complexity index is 1250. The molecular weight excluding hydrogens is 464 g/mol. The van der Waals surface area contributed by atoms with Crippen molar-refractivity contribution in [2.75, 3.05) is 27.4 Å². The topological polar surface area (TPSA) is 81.9 Å². The maximum absolute atomic E-state index is 5.78. The second-order valence-corrected chi connectivity index (χ2v) is 8.16. The molecular formula is C26H28N4O4S. The predicted octanol–water partition coefficient (Wildman–Crippen LogP) is 5.00. The Kier molecular flexibility index (Phi) is 7.36. The first-order valence-corrected chi connectivity index (χ1v) is 11.6. The lowest BCUT2D eigenvalue weighted by atomic mass is 9.94. The summed E-state index contributed by atoms with van der Waals surface area (Å²) >= 11 is 5.67. The van der Waals surface area contributed by atoms with Gasteiger partial charge in [0.05, 0.1) is 32.4 Å². The normalized spacial score (nSPS) is 15.6. The van der Waals surface area contributed by atoms with Crippen LogP contribution in [0.1, 0.15) is 31.3 Å². The van der Waals surface area contributed by atoms with Gasteiger partial charge in [0, 0.05) is 17.8 Å². The number of hydrogen-bond acceptors (Lipinski definition) is 7. The summed E-state index contributed by atoms with van der Waals surface area (Å²) in [7, 11) is 3.18. The monoisotopic (exact) mass is 492 g/mol. The lowest BCUT2D eigenvalue weighted by Gasteiger charge is -2.36. The van der Waals surface area contributed by atoms with Crippen LogP contribution in [-0.4, -0.2) is 47.5 Å². The lowest BCUT2D eigenvalue weighted by molar-refractivity contribution is 0.340. The maximum Gasteiger partial charge on any atom is 0.258 e. The van der Waals surface area contributed by atoms with E-state index in [2.05, 4.69) is 17.1 Å². The van der Waals surface area contributed by atoms with Crippen LogP contribution in [0.2, 0.25) is 0 Å². The van der Waals surface area contributed by atoms with Crippen molar-refractivity contribution in [3.05, 3.63) is 72.3 Å². The molecule has 1 aliphatic heterocycles. The van der Waals surface area contributed by atoms with Crippen LogP contribution in [0.4, 0.5) is 0 Å². The smallest absolute Gasteiger partial charge is 0.258 e. The van der Waals surface area contributed by atoms with Gasteiger partial charge in [-0.2, -0.15) is 4.98 Å². The first-order chi connectivity index (χ1) is 17.0. The summed E-state index contributed by atoms with van der Waals surface area (Å²) in [6.07, 6.45) is 1.80. The molecule has 0 spiro atoms. The summed E-state index contributed by atoms with van der Waals surface area (Å²) in [6, 6.07) is 13.1. The standard InChI is InChI=1S/C26H28N4O4S/c1-6-14-30-16(3)22(23(27-26(30)35)17-8-11-19(12-9-17)33-7-2)25-28-24(29-34-25)18-10-13-20(31-4)21(15-18)32-5/h6,8-13,15,23H,1,7,14H2,2-5H3,(H,27,35). The van der Waals surface area contributed by atoms with Crippen LogP contribution < -0.4 is 19.5 Å². The minimum Gasteiger partial charge on any atom is -0.494 e. The van der Waals surface area contributed by atoms with Crippen molar-refractivity contribution in [2.24, 2.45) is 0 Å². The average molecular weight is 493 g/mol. The zero-order chi connectivity index (χ0) is 24.9. The molecule has 3 aromatic rings. The fraction of sp³-hybridized carbons (Fsp3) is 0.269. The molecule has 2 aromatic carbocycles. The number of nitrogens with one attached hydrogen (secondary N) is 1. The molecule has 0 aliphatic carbocycles. The summed E-state index contributed by atoms with van der Waals surface area (Å²) in [5, 5.41) is 8.28. The van der Waals surface area contributed by atoms with E-state index in [1.54, 1.807) is 20.3 Å². The molecule has 0 saturated carbocycles. The maximum atomic E-state index is 5.78. The fourth-order valence-electron chi connectivity index (χ4n) is 4.01. The third-order valence-corrected chi connectivity index (χ3v) is 6.07. The molecule has 1 atom stereocenters. The summed E-state index contributed by atoms with van der Waals surface area (Å²) in [4.78, 5) is 6.70. The van der Waals surface area contributed by atoms with E-state index in [1.165, 1.54) is 0 Å². The van der Waals surface area contributed by atoms with Crippen molar-refractivity contribution in [1.29, 1.82) is 0 Å². The first kappa shape index (κ1) is 24.3. The second kappa shape index (κ2) is 10.6. The molecule has 0 fully saturated rings. The van der Waals surface area contributed by atoms with E-state index in [9.17, 15) is 0 Å². The van der Waals surface area contributed by atoms with Gasteiger partial charge in [0.25, 0.3) is 5.89 Å². The largest absolute Gasteiger partial charge is 0.494 e. The lowest BCUT2D eigenvalue weighted by Crippen LogP contribution is -2.45. The number of rotatable bonds is 9. The van der Waals surface area contributed by atoms with E-state index in [1.807, 2.05) is 61.2 Å². The van der Waals surface area contributed by atoms with Gasteiger partial charge >= 0.3 is 0 Å². The Morgan fingerprint density at radius 2 is 1.89 bits per heavy atom. The molecule has 0 radical (unpaired) electrons. The number of hydrogen-bond donors (Lipinski definition) is 1. The third kappa shape index (κ3) is 4.85. The number of benzene rings is 2. The van der Waals surface area contributed by atoms with Crippen LogP contribution >= 0.6 is 12.2 Å². The van der Waals surface area contributed by atoms with E-state index in [4.69, 9.17) is 35.9 Å². The summed E-state index contributed by atoms with van der Waals surface area (Å²) < 4.78 is 22.1. The SMILES string of the molecule is C=CCN1C(=S)NC(c2ccc(OCC)cc2)C(c2nc(-c3ccc(OC)c(OC)c3)no2)=C1C. The quantitative estimate of drug-likeness (QED) is 0.328. The molecule has 1 N–H and O–H groups in total. The minimum atomic E-state index is -0.280. The van der Waals surface area contributed by atoms with Gasteiger partial charge in [-0.3, -0.25) is 0 Å². The van der Waals surface area contributed by atoms with Gasteiger partial charge in [0.1, 0.15) is 5.75 Å². The molecule has 4 rings (SSSR count). The van der Waals surface area contributed by atoms with Crippen LogP contribution in [0.25, 0.3) is 17.0 Å². The Balaban J connectivity index is 1.77. The van der Waals surface area contributed by atoms with E-state index in [0.717, 1.165) is 28.1 Å². The van der Waals surface area contributed by atoms with Crippen molar-refractivity contribution < 1.29 is 18.7 Å². The van der Waals surface area contributed by atoms with Crippen molar-refractivity contribution in [3.8, 4) is 28.6 Å². The molecule has 8 nitrogen and oxygen atoms in total. The van der Waals surface area contributed by atoms with Crippen molar-refractivity contribution in [2.45, 2.75) is 19.9 Å². The van der Waals surface area contributed by atoms with Gasteiger partial charge in [-0.05, 0) is 62.0 Å². The zero-order valence-electron chi connectivity index (χ0n) is 20.2. The van der Waals surface area contributed by atoms with Crippen molar-refractivity contribution in [3.63, 3.8) is 0 Å². The molecule has 1 aromatic heterocycles. The highest BCUT2D eigenvalue weighted by atomic mass is 32.1. The van der Waals surface area contributed by atoms with Crippen molar-refractivity contribution in [1.82, 2.24) is 20.4 Å². The zero-order valence-corrected chi connectivity index (χ0v) is 21.0. The first-order valence-electron chi connectivity index (χ1n) is 11.2. The molecule has 182 valence electrons. The van der Waals surface area contributed by atoms with Crippen molar-refractivity contribution >= 4 is 22.9 Å². The van der Waals surface area contributed by atoms with Gasteiger partial charge in [-0.25, -0.2) is 0 Å². The number of aromatic nitrogens is 2. The van der Waals surface area contributed by atoms with Crippen LogP contribution in [0.5, 0.6) is 17.2 Å². The van der Waals surface area contributed by atoms with Crippen LogP contribution in [0, 0.1) is 0 Å². The van der Waals surface area contributed by atoms with Gasteiger partial charge < -0.3 is 29.0 Å². The number of thiocarbonyl (C=S) groups is 1. The molecule has 2 heterocycles. The predicted molar refractivity (Wildman–Crippen MR) is 138 cm³/mol. The summed E-state index contributed by atoms with van der Waals surface area (Å²) in [5.74, 6) is 2.85. The average Bonchev–Trinajstić information content (AvgIpc) is 3.36. The fourth-order valence-corrected chi connectivity index (χ4v) is 4.34. The molecule has 0 amide bonds. The highest BCUT2D eigenvalue weighted by Crippen LogP contribution is 2.38. The highest BCUT2D eigenvalue weighted by Gasteiger charge is 2.33. The van der Waals surface area contributed by atoms with Gasteiger partial charge in [-0.15, -0.1) is 6.58 Å². The van der Waals surface area contributed by atoms with E-state index in [0.29, 0.717) is 41.5 Å². The third-order valence-electron chi connectivity index (χ3n) is 5.73. The molecule has 1 unspecified atom stereocenters.